The lowest BCUT2D eigenvalue weighted by Crippen LogP contribution is -2.21. The summed E-state index contributed by atoms with van der Waals surface area (Å²) < 4.78 is 12.2. The first-order chi connectivity index (χ1) is 7.20. The van der Waals surface area contributed by atoms with Crippen molar-refractivity contribution in [3.63, 3.8) is 0 Å². The van der Waals surface area contributed by atoms with Crippen molar-refractivity contribution in [3.8, 4) is 0 Å². The zero-order chi connectivity index (χ0) is 11.1. The molecule has 1 aromatic rings. The Morgan fingerprint density at radius 1 is 1.33 bits per heavy atom. The predicted octanol–water partition coefficient (Wildman–Crippen LogP) is 1.61. The number of rotatable bonds is 0. The Balaban J connectivity index is 0.000000162. The Morgan fingerprint density at radius 2 is 2.00 bits per heavy atom. The van der Waals surface area contributed by atoms with Gasteiger partial charge in [0.1, 0.15) is 0 Å². The minimum Gasteiger partial charge on any atom is -0.381 e. The molecule has 0 aromatic carbocycles. The van der Waals surface area contributed by atoms with Crippen LogP contribution >= 0.6 is 11.6 Å². The van der Waals surface area contributed by atoms with Gasteiger partial charge in [-0.25, -0.2) is 9.37 Å². The molecule has 2 heterocycles. The van der Waals surface area contributed by atoms with E-state index in [-0.39, 0.29) is 11.1 Å². The molecule has 84 valence electrons. The molecule has 6 heteroatoms. The van der Waals surface area contributed by atoms with Crippen LogP contribution in [0.15, 0.2) is 6.20 Å². The molecule has 0 saturated carbocycles. The highest BCUT2D eigenvalue weighted by Crippen LogP contribution is 2.06. The fourth-order valence-electron chi connectivity index (χ4n) is 1.16. The van der Waals surface area contributed by atoms with Crippen LogP contribution in [0.3, 0.4) is 0 Å². The maximum Gasteiger partial charge on any atom is 0.224 e. The SMILES string of the molecule is C1CCNCC1.Nc1nc(Cl)ncc1F. The lowest BCUT2D eigenvalue weighted by molar-refractivity contribution is 0.520. The number of anilines is 1. The van der Waals surface area contributed by atoms with E-state index in [1.807, 2.05) is 0 Å². The molecule has 15 heavy (non-hydrogen) atoms. The Hall–Kier alpha value is -0.940. The van der Waals surface area contributed by atoms with Gasteiger partial charge in [0.25, 0.3) is 0 Å². The molecule has 0 radical (unpaired) electrons. The van der Waals surface area contributed by atoms with Crippen LogP contribution in [0, 0.1) is 5.82 Å². The Kier molecular flexibility index (Phi) is 5.28. The van der Waals surface area contributed by atoms with E-state index in [1.54, 1.807) is 0 Å². The third kappa shape index (κ3) is 4.90. The number of nitrogen functional groups attached to an aromatic ring is 1. The molecule has 0 atom stereocenters. The van der Waals surface area contributed by atoms with Crippen LogP contribution in [-0.2, 0) is 0 Å². The lowest BCUT2D eigenvalue weighted by atomic mass is 10.2. The molecule has 0 bridgehead atoms. The first-order valence-electron chi connectivity index (χ1n) is 4.84. The number of nitrogens with zero attached hydrogens (tertiary/aromatic N) is 2. The molecule has 1 fully saturated rings. The van der Waals surface area contributed by atoms with Crippen molar-refractivity contribution >= 4 is 17.4 Å². The van der Waals surface area contributed by atoms with Crippen LogP contribution in [-0.4, -0.2) is 23.1 Å². The highest BCUT2D eigenvalue weighted by atomic mass is 35.5. The average molecular weight is 233 g/mol. The van der Waals surface area contributed by atoms with Crippen molar-refractivity contribution < 1.29 is 4.39 Å². The largest absolute Gasteiger partial charge is 0.381 e. The van der Waals surface area contributed by atoms with Gasteiger partial charge in [0, 0.05) is 0 Å². The van der Waals surface area contributed by atoms with E-state index >= 15 is 0 Å². The van der Waals surface area contributed by atoms with Gasteiger partial charge in [0.2, 0.25) is 5.28 Å². The molecule has 0 spiro atoms. The van der Waals surface area contributed by atoms with E-state index in [1.165, 1.54) is 32.4 Å². The second kappa shape index (κ2) is 6.53. The maximum atomic E-state index is 12.2. The van der Waals surface area contributed by atoms with Crippen LogP contribution in [0.4, 0.5) is 10.2 Å². The van der Waals surface area contributed by atoms with Crippen molar-refractivity contribution in [1.82, 2.24) is 15.3 Å². The Labute approximate surface area is 93.1 Å². The molecule has 0 aliphatic carbocycles. The Bertz CT molecular complexity index is 293. The van der Waals surface area contributed by atoms with Gasteiger partial charge in [-0.05, 0) is 37.5 Å². The number of nitrogens with one attached hydrogen (secondary N) is 1. The van der Waals surface area contributed by atoms with E-state index < -0.39 is 5.82 Å². The molecular formula is C9H14ClFN4. The van der Waals surface area contributed by atoms with E-state index in [2.05, 4.69) is 15.3 Å². The van der Waals surface area contributed by atoms with Gasteiger partial charge in [-0.1, -0.05) is 6.42 Å². The molecule has 1 aromatic heterocycles. The summed E-state index contributed by atoms with van der Waals surface area (Å²) in [6, 6.07) is 0. The standard InChI is InChI=1S/C5H11N.C4H3ClFN3/c1-2-4-6-5-3-1;5-4-8-1-2(6)3(7)9-4/h6H,1-5H2;1H,(H2,7,8,9). The molecular weight excluding hydrogens is 219 g/mol. The molecule has 3 N–H and O–H groups in total. The van der Waals surface area contributed by atoms with Gasteiger partial charge in [-0.15, -0.1) is 0 Å². The van der Waals surface area contributed by atoms with Crippen molar-refractivity contribution in [2.75, 3.05) is 18.8 Å². The highest BCUT2D eigenvalue weighted by Gasteiger charge is 1.98. The van der Waals surface area contributed by atoms with Crippen LogP contribution in [0.25, 0.3) is 0 Å². The van der Waals surface area contributed by atoms with Gasteiger partial charge < -0.3 is 11.1 Å². The fourth-order valence-corrected chi connectivity index (χ4v) is 1.30. The van der Waals surface area contributed by atoms with Crippen LogP contribution in [0.2, 0.25) is 5.28 Å². The summed E-state index contributed by atoms with van der Waals surface area (Å²) in [5.74, 6) is -0.880. The molecule has 1 aliphatic rings. The third-order valence-electron chi connectivity index (χ3n) is 1.95. The van der Waals surface area contributed by atoms with Crippen LogP contribution in [0.5, 0.6) is 0 Å². The number of halogens is 2. The monoisotopic (exact) mass is 232 g/mol. The summed E-state index contributed by atoms with van der Waals surface area (Å²) >= 11 is 5.25. The summed E-state index contributed by atoms with van der Waals surface area (Å²) in [5.41, 5.74) is 5.01. The van der Waals surface area contributed by atoms with Gasteiger partial charge in [-0.3, -0.25) is 0 Å². The number of aromatic nitrogens is 2. The number of piperidine rings is 1. The van der Waals surface area contributed by atoms with E-state index in [0.29, 0.717) is 0 Å². The highest BCUT2D eigenvalue weighted by molar-refractivity contribution is 6.28. The minimum atomic E-state index is -0.653. The van der Waals surface area contributed by atoms with E-state index in [4.69, 9.17) is 17.3 Å². The van der Waals surface area contributed by atoms with Crippen LogP contribution in [0.1, 0.15) is 19.3 Å². The van der Waals surface area contributed by atoms with Crippen molar-refractivity contribution in [2.45, 2.75) is 19.3 Å². The summed E-state index contributed by atoms with van der Waals surface area (Å²) in [7, 11) is 0. The molecule has 0 amide bonds. The third-order valence-corrected chi connectivity index (χ3v) is 2.13. The zero-order valence-electron chi connectivity index (χ0n) is 8.34. The topological polar surface area (TPSA) is 63.8 Å². The Morgan fingerprint density at radius 3 is 2.33 bits per heavy atom. The average Bonchev–Trinajstić information content (AvgIpc) is 2.27. The summed E-state index contributed by atoms with van der Waals surface area (Å²) in [6.45, 7) is 2.50. The van der Waals surface area contributed by atoms with Gasteiger partial charge in [-0.2, -0.15) is 4.98 Å². The normalized spacial score (nSPS) is 15.3. The quantitative estimate of drug-likeness (QED) is 0.667. The first kappa shape index (κ1) is 12.1. The zero-order valence-corrected chi connectivity index (χ0v) is 9.10. The van der Waals surface area contributed by atoms with E-state index in [9.17, 15) is 4.39 Å². The van der Waals surface area contributed by atoms with Crippen LogP contribution < -0.4 is 11.1 Å². The molecule has 4 nitrogen and oxygen atoms in total. The van der Waals surface area contributed by atoms with Gasteiger partial charge in [0.15, 0.2) is 11.6 Å². The minimum absolute atomic E-state index is 0.0473. The van der Waals surface area contributed by atoms with Crippen molar-refractivity contribution in [3.05, 3.63) is 17.3 Å². The lowest BCUT2D eigenvalue weighted by Gasteiger charge is -2.08. The van der Waals surface area contributed by atoms with E-state index in [0.717, 1.165) is 6.20 Å². The fraction of sp³-hybridized carbons (Fsp3) is 0.556. The number of hydrogen-bond acceptors (Lipinski definition) is 4. The molecule has 0 unspecified atom stereocenters. The number of nitrogens with two attached hydrogens (primary N) is 1. The molecule has 2 rings (SSSR count). The molecule has 1 aliphatic heterocycles. The summed E-state index contributed by atoms with van der Waals surface area (Å²) in [6.07, 6.45) is 5.14. The smallest absolute Gasteiger partial charge is 0.224 e. The molecule has 1 saturated heterocycles. The first-order valence-corrected chi connectivity index (χ1v) is 5.22. The van der Waals surface area contributed by atoms with Crippen molar-refractivity contribution in [2.24, 2.45) is 0 Å². The second-order valence-corrected chi connectivity index (χ2v) is 3.52. The second-order valence-electron chi connectivity index (χ2n) is 3.18. The van der Waals surface area contributed by atoms with Gasteiger partial charge in [0.05, 0.1) is 6.20 Å². The predicted molar refractivity (Wildman–Crippen MR) is 58.1 cm³/mol. The van der Waals surface area contributed by atoms with Gasteiger partial charge >= 0.3 is 0 Å². The summed E-state index contributed by atoms with van der Waals surface area (Å²) in [5, 5.41) is 3.24. The summed E-state index contributed by atoms with van der Waals surface area (Å²) in [4.78, 5) is 6.67. The number of hydrogen-bond donors (Lipinski definition) is 2. The maximum absolute atomic E-state index is 12.2. The van der Waals surface area contributed by atoms with Crippen molar-refractivity contribution in [1.29, 1.82) is 0 Å².